The van der Waals surface area contributed by atoms with E-state index in [1.165, 1.54) is 0 Å². The second-order valence-electron chi connectivity index (χ2n) is 3.89. The Balaban J connectivity index is 3.34. The van der Waals surface area contributed by atoms with Crippen LogP contribution in [0.1, 0.15) is 0 Å². The summed E-state index contributed by atoms with van der Waals surface area (Å²) in [5.74, 6) is 0. The molecule has 7 heteroatoms. The summed E-state index contributed by atoms with van der Waals surface area (Å²) in [4.78, 5) is 0. The van der Waals surface area contributed by atoms with Gasteiger partial charge >= 0.3 is 111 Å². The standard InChI is InChI=1S/2C5H8N2.2ClH.Pd/c2*1-6-3-4-7(2)5-6;;;/h2*3-4H,1-2H3;2*1H;/q;;;;+2/p-2. The molecule has 0 saturated carbocycles. The Labute approximate surface area is 110 Å². The second kappa shape index (κ2) is 4.40. The fourth-order valence-corrected chi connectivity index (χ4v) is 9.27. The van der Waals surface area contributed by atoms with Crippen LogP contribution >= 0.6 is 19.1 Å². The third-order valence-corrected chi connectivity index (χ3v) is 8.93. The molecule has 0 N–H and O–H groups in total. The molecule has 0 aliphatic heterocycles. The second-order valence-corrected chi connectivity index (χ2v) is 12.0. The van der Waals surface area contributed by atoms with Crippen LogP contribution in [0, 0.1) is 7.78 Å². The molecule has 0 aliphatic rings. The molecule has 0 unspecified atom stereocenters. The van der Waals surface area contributed by atoms with E-state index >= 15 is 0 Å². The Hall–Kier alpha value is -0.338. The van der Waals surface area contributed by atoms with Crippen LogP contribution in [-0.2, 0) is 40.8 Å². The van der Waals surface area contributed by atoms with Crippen molar-refractivity contribution in [1.82, 2.24) is 18.3 Å². The van der Waals surface area contributed by atoms with Crippen LogP contribution in [0.3, 0.4) is 0 Å². The normalized spacial score (nSPS) is 13.1. The molecule has 100 valence electrons. The van der Waals surface area contributed by atoms with Crippen LogP contribution in [-0.4, -0.2) is 18.3 Å². The quantitative estimate of drug-likeness (QED) is 0.635. The van der Waals surface area contributed by atoms with Crippen LogP contribution in [0.2, 0.25) is 0 Å². The first-order valence-electron chi connectivity index (χ1n) is 4.94. The summed E-state index contributed by atoms with van der Waals surface area (Å²) in [5, 5.41) is 0. The molecule has 0 fully saturated rings. The van der Waals surface area contributed by atoms with Crippen LogP contribution in [0.15, 0.2) is 24.8 Å². The van der Waals surface area contributed by atoms with E-state index in [1.54, 1.807) is 0 Å². The SMILES string of the molecule is Cn1ccn(C)[c]1=[Pd]([Cl])([Cl])=[c]1n(C)ccn1C. The summed E-state index contributed by atoms with van der Waals surface area (Å²) in [5.41, 5.74) is 0. The molecular weight excluding hydrogens is 353 g/mol. The van der Waals surface area contributed by atoms with Gasteiger partial charge in [0.15, 0.2) is 0 Å². The zero-order valence-corrected chi connectivity index (χ0v) is 13.2. The molecule has 0 spiro atoms. The van der Waals surface area contributed by atoms with E-state index in [0.29, 0.717) is 0 Å². The van der Waals surface area contributed by atoms with Gasteiger partial charge in [0.25, 0.3) is 0 Å². The summed E-state index contributed by atoms with van der Waals surface area (Å²) >= 11 is -2.86. The fraction of sp³-hybridized carbons (Fsp3) is 0.400. The number of halogens is 2. The number of aryl methyl sites for hydroxylation is 4. The van der Waals surface area contributed by atoms with Crippen molar-refractivity contribution >= 4 is 19.1 Å². The number of nitrogens with zero attached hydrogens (tertiary/aromatic N) is 4. The molecule has 0 aromatic carbocycles. The van der Waals surface area contributed by atoms with Crippen molar-refractivity contribution in [1.29, 1.82) is 0 Å². The molecule has 17 heavy (non-hydrogen) atoms. The molecule has 2 aromatic heterocycles. The predicted octanol–water partition coefficient (Wildman–Crippen LogP) is 2.27. The Kier molecular flexibility index (Phi) is 3.39. The average Bonchev–Trinajstić information content (AvgIpc) is 2.71. The van der Waals surface area contributed by atoms with Gasteiger partial charge in [0.05, 0.1) is 0 Å². The fourth-order valence-electron chi connectivity index (χ4n) is 1.75. The predicted molar refractivity (Wildman–Crippen MR) is 67.0 cm³/mol. The maximum atomic E-state index is 6.72. The van der Waals surface area contributed by atoms with Crippen molar-refractivity contribution in [2.45, 2.75) is 0 Å². The topological polar surface area (TPSA) is 19.7 Å². The van der Waals surface area contributed by atoms with Gasteiger partial charge in [0.1, 0.15) is 0 Å². The molecule has 2 heterocycles. The van der Waals surface area contributed by atoms with Crippen molar-refractivity contribution in [2.24, 2.45) is 28.2 Å². The molecule has 0 radical (unpaired) electrons. The van der Waals surface area contributed by atoms with Gasteiger partial charge in [-0.1, -0.05) is 0 Å². The number of hydrogen-bond donors (Lipinski definition) is 0. The van der Waals surface area contributed by atoms with E-state index in [1.807, 2.05) is 71.2 Å². The monoisotopic (exact) mass is 368 g/mol. The first kappa shape index (κ1) is 13.1. The van der Waals surface area contributed by atoms with Crippen LogP contribution in [0.4, 0.5) is 0 Å². The van der Waals surface area contributed by atoms with Crippen LogP contribution in [0.25, 0.3) is 0 Å². The maximum absolute atomic E-state index is 6.72. The third kappa shape index (κ3) is 2.06. The summed E-state index contributed by atoms with van der Waals surface area (Å²) in [6.45, 7) is 0. The van der Waals surface area contributed by atoms with E-state index in [4.69, 9.17) is 19.1 Å². The van der Waals surface area contributed by atoms with Crippen LogP contribution < -0.4 is 0 Å². The Morgan fingerprint density at radius 2 is 0.941 bits per heavy atom. The van der Waals surface area contributed by atoms with E-state index in [-0.39, 0.29) is 0 Å². The zero-order chi connectivity index (χ0) is 12.8. The van der Waals surface area contributed by atoms with Crippen molar-refractivity contribution in [3.05, 3.63) is 32.6 Å². The molecule has 0 aliphatic carbocycles. The van der Waals surface area contributed by atoms with Gasteiger partial charge in [0.2, 0.25) is 0 Å². The van der Waals surface area contributed by atoms with Gasteiger partial charge in [-0.15, -0.1) is 0 Å². The molecule has 0 saturated heterocycles. The van der Waals surface area contributed by atoms with E-state index in [2.05, 4.69) is 0 Å². The average molecular weight is 370 g/mol. The van der Waals surface area contributed by atoms with Crippen molar-refractivity contribution < 1.29 is 12.6 Å². The molecule has 0 amide bonds. The van der Waals surface area contributed by atoms with Gasteiger partial charge in [-0.3, -0.25) is 0 Å². The molecule has 0 atom stereocenters. The van der Waals surface area contributed by atoms with Gasteiger partial charge in [0, 0.05) is 0 Å². The number of imidazole rings is 2. The van der Waals surface area contributed by atoms with E-state index in [9.17, 15) is 0 Å². The molecule has 4 nitrogen and oxygen atoms in total. The van der Waals surface area contributed by atoms with Crippen molar-refractivity contribution in [3.63, 3.8) is 0 Å². The summed E-state index contributed by atoms with van der Waals surface area (Å²) < 4.78 is 9.90. The minimum absolute atomic E-state index is 0.968. The number of aromatic nitrogens is 4. The molecule has 0 bridgehead atoms. The van der Waals surface area contributed by atoms with Crippen LogP contribution in [0.5, 0.6) is 0 Å². The molecule has 2 rings (SSSR count). The minimum atomic E-state index is -2.86. The molecule has 2 aromatic rings. The van der Waals surface area contributed by atoms with Crippen molar-refractivity contribution in [2.75, 3.05) is 0 Å². The Morgan fingerprint density at radius 1 is 0.706 bits per heavy atom. The van der Waals surface area contributed by atoms with Gasteiger partial charge in [-0.2, -0.15) is 0 Å². The Morgan fingerprint density at radius 3 is 1.18 bits per heavy atom. The number of rotatable bonds is 0. The summed E-state index contributed by atoms with van der Waals surface area (Å²) in [6, 6.07) is 0. The molecular formula is C10H16Cl2N4Pd. The summed E-state index contributed by atoms with van der Waals surface area (Å²) in [6.07, 6.45) is 7.86. The number of hydrogen-bond acceptors (Lipinski definition) is 0. The summed E-state index contributed by atoms with van der Waals surface area (Å²) in [7, 11) is 21.3. The first-order chi connectivity index (χ1) is 7.85. The zero-order valence-electron chi connectivity index (χ0n) is 10.2. The Bertz CT molecular complexity index is 637. The van der Waals surface area contributed by atoms with Crippen molar-refractivity contribution in [3.8, 4) is 0 Å². The van der Waals surface area contributed by atoms with E-state index in [0.717, 1.165) is 7.78 Å². The van der Waals surface area contributed by atoms with E-state index < -0.39 is 12.6 Å². The van der Waals surface area contributed by atoms with Gasteiger partial charge < -0.3 is 0 Å². The first-order valence-corrected chi connectivity index (χ1v) is 10.5. The van der Waals surface area contributed by atoms with Gasteiger partial charge in [-0.05, 0) is 0 Å². The third-order valence-electron chi connectivity index (χ3n) is 2.46. The van der Waals surface area contributed by atoms with Gasteiger partial charge in [-0.25, -0.2) is 0 Å².